The molecule has 0 radical (unpaired) electrons. The topological polar surface area (TPSA) is 74.4 Å². The smallest absolute Gasteiger partial charge is 0.143 e. The fourth-order valence-corrected chi connectivity index (χ4v) is 4.33. The molecule has 3 heterocycles. The molecule has 2 aromatic heterocycles. The summed E-state index contributed by atoms with van der Waals surface area (Å²) in [5.41, 5.74) is 2.82. The van der Waals surface area contributed by atoms with Gasteiger partial charge in [-0.15, -0.1) is 0 Å². The summed E-state index contributed by atoms with van der Waals surface area (Å²) in [5.74, 6) is 1.76. The maximum Gasteiger partial charge on any atom is 0.143 e. The van der Waals surface area contributed by atoms with Crippen LogP contribution in [0.25, 0.3) is 11.0 Å². The quantitative estimate of drug-likeness (QED) is 0.447. The normalized spacial score (nSPS) is 15.5. The van der Waals surface area contributed by atoms with Gasteiger partial charge in [0.2, 0.25) is 0 Å². The molecule has 0 bridgehead atoms. The molecule has 1 saturated heterocycles. The van der Waals surface area contributed by atoms with Gasteiger partial charge in [0.05, 0.1) is 11.4 Å². The first-order valence-electron chi connectivity index (χ1n) is 10.9. The number of H-pyrrole nitrogens is 1. The van der Waals surface area contributed by atoms with Crippen molar-refractivity contribution in [2.75, 3.05) is 31.1 Å². The number of anilines is 1. The molecule has 1 aliphatic rings. The minimum atomic E-state index is -0.372. The Hall–Kier alpha value is -3.78. The van der Waals surface area contributed by atoms with Crippen molar-refractivity contribution in [1.82, 2.24) is 19.9 Å². The zero-order chi connectivity index (χ0) is 22.8. The molecule has 1 N–H and O–H groups in total. The summed E-state index contributed by atoms with van der Waals surface area (Å²) >= 11 is 0. The number of aromatic amines is 1. The fraction of sp³-hybridized carbons (Fsp3) is 0.240. The minimum Gasteiger partial charge on any atom is -0.457 e. The van der Waals surface area contributed by atoms with Gasteiger partial charge in [-0.1, -0.05) is 12.1 Å². The summed E-state index contributed by atoms with van der Waals surface area (Å²) in [4.78, 5) is 28.5. The first-order valence-corrected chi connectivity index (χ1v) is 10.9. The van der Waals surface area contributed by atoms with E-state index in [1.54, 1.807) is 18.5 Å². The number of nitrogens with zero attached hydrogens (tertiary/aromatic N) is 4. The van der Waals surface area contributed by atoms with E-state index in [2.05, 4.69) is 24.8 Å². The molecule has 1 atom stereocenters. The van der Waals surface area contributed by atoms with Crippen LogP contribution in [0.4, 0.5) is 10.2 Å². The number of nitrogens with one attached hydrogen (secondary N) is 1. The van der Waals surface area contributed by atoms with Crippen LogP contribution in [0.5, 0.6) is 11.5 Å². The lowest BCUT2D eigenvalue weighted by molar-refractivity contribution is -0.112. The summed E-state index contributed by atoms with van der Waals surface area (Å²) < 4.78 is 19.0. The predicted octanol–water partition coefficient (Wildman–Crippen LogP) is 4.26. The van der Waals surface area contributed by atoms with E-state index in [0.717, 1.165) is 60.4 Å². The van der Waals surface area contributed by atoms with E-state index in [9.17, 15) is 9.18 Å². The van der Waals surface area contributed by atoms with E-state index < -0.39 is 0 Å². The lowest BCUT2D eigenvalue weighted by Gasteiger charge is -2.38. The molecule has 33 heavy (non-hydrogen) atoms. The van der Waals surface area contributed by atoms with Crippen molar-refractivity contribution in [3.63, 3.8) is 0 Å². The van der Waals surface area contributed by atoms with Gasteiger partial charge in [0.15, 0.2) is 0 Å². The number of hydrogen-bond donors (Lipinski definition) is 1. The maximum absolute atomic E-state index is 13.2. The summed E-state index contributed by atoms with van der Waals surface area (Å²) in [6.45, 7) is 5.01. The molecule has 4 aromatic rings. The Kier molecular flexibility index (Phi) is 5.75. The maximum atomic E-state index is 13.2. The minimum absolute atomic E-state index is 0.314. The van der Waals surface area contributed by atoms with Crippen LogP contribution in [-0.2, 0) is 4.79 Å². The molecule has 168 valence electrons. The van der Waals surface area contributed by atoms with Gasteiger partial charge in [-0.25, -0.2) is 14.4 Å². The highest BCUT2D eigenvalue weighted by Gasteiger charge is 2.27. The SMILES string of the molecule is Cc1c[nH]c2ncnc(N3CCN(C(C=O)c4cccc(Oc5ccc(F)cc5)c4)CC3)c12. The van der Waals surface area contributed by atoms with Gasteiger partial charge < -0.3 is 19.4 Å². The fourth-order valence-electron chi connectivity index (χ4n) is 4.33. The Bertz CT molecular complexity index is 1270. The van der Waals surface area contributed by atoms with E-state index in [1.165, 1.54) is 12.1 Å². The molecule has 0 spiro atoms. The molecule has 1 aliphatic heterocycles. The van der Waals surface area contributed by atoms with Crippen LogP contribution in [0.1, 0.15) is 17.2 Å². The largest absolute Gasteiger partial charge is 0.457 e. The van der Waals surface area contributed by atoms with Crippen LogP contribution in [0, 0.1) is 12.7 Å². The first-order chi connectivity index (χ1) is 16.1. The number of carbonyl (C=O) groups excluding carboxylic acids is 1. The van der Waals surface area contributed by atoms with Gasteiger partial charge in [0, 0.05) is 32.4 Å². The third-order valence-corrected chi connectivity index (χ3v) is 6.03. The van der Waals surface area contributed by atoms with Crippen molar-refractivity contribution in [3.05, 3.63) is 78.0 Å². The lowest BCUT2D eigenvalue weighted by atomic mass is 10.0. The highest BCUT2D eigenvalue weighted by Crippen LogP contribution is 2.30. The second-order valence-electron chi connectivity index (χ2n) is 8.12. The monoisotopic (exact) mass is 445 g/mol. The number of rotatable bonds is 6. The number of carbonyl (C=O) groups is 1. The number of benzene rings is 2. The third kappa shape index (κ3) is 4.29. The van der Waals surface area contributed by atoms with Crippen LogP contribution < -0.4 is 9.64 Å². The molecular formula is C25H24FN5O2. The number of piperazine rings is 1. The second-order valence-corrected chi connectivity index (χ2v) is 8.12. The molecule has 1 fully saturated rings. The van der Waals surface area contributed by atoms with E-state index >= 15 is 0 Å². The molecule has 8 heteroatoms. The summed E-state index contributed by atoms with van der Waals surface area (Å²) in [7, 11) is 0. The summed E-state index contributed by atoms with van der Waals surface area (Å²) in [5, 5.41) is 1.04. The molecule has 0 saturated carbocycles. The number of aldehydes is 1. The highest BCUT2D eigenvalue weighted by molar-refractivity contribution is 5.90. The number of fused-ring (bicyclic) bond motifs is 1. The zero-order valence-corrected chi connectivity index (χ0v) is 18.2. The van der Waals surface area contributed by atoms with Crippen molar-refractivity contribution >= 4 is 23.1 Å². The predicted molar refractivity (Wildman–Crippen MR) is 124 cm³/mol. The number of aromatic nitrogens is 3. The van der Waals surface area contributed by atoms with E-state index in [0.29, 0.717) is 11.5 Å². The van der Waals surface area contributed by atoms with E-state index in [-0.39, 0.29) is 11.9 Å². The first kappa shape index (κ1) is 21.1. The molecule has 1 unspecified atom stereocenters. The molecule has 2 aromatic carbocycles. The number of ether oxygens (including phenoxy) is 1. The number of hydrogen-bond acceptors (Lipinski definition) is 6. The Morgan fingerprint density at radius 2 is 1.85 bits per heavy atom. The van der Waals surface area contributed by atoms with Crippen LogP contribution in [0.2, 0.25) is 0 Å². The van der Waals surface area contributed by atoms with E-state index in [1.807, 2.05) is 37.4 Å². The Balaban J connectivity index is 1.30. The molecule has 0 aliphatic carbocycles. The van der Waals surface area contributed by atoms with Crippen LogP contribution in [0.3, 0.4) is 0 Å². The standard InChI is InChI=1S/C25H24FN5O2/c1-17-14-27-24-23(17)25(29-16-28-24)31-11-9-30(10-12-31)22(15-32)18-3-2-4-21(13-18)33-20-7-5-19(26)6-8-20/h2-8,13-16,22H,9-12H2,1H3,(H,27,28,29). The molecule has 5 rings (SSSR count). The van der Waals surface area contributed by atoms with Crippen LogP contribution >= 0.6 is 0 Å². The van der Waals surface area contributed by atoms with Crippen molar-refractivity contribution in [2.24, 2.45) is 0 Å². The Labute approximate surface area is 190 Å². The highest BCUT2D eigenvalue weighted by atomic mass is 19.1. The molecule has 0 amide bonds. The van der Waals surface area contributed by atoms with Gasteiger partial charge in [-0.05, 0) is 54.4 Å². The molecular weight excluding hydrogens is 421 g/mol. The van der Waals surface area contributed by atoms with Gasteiger partial charge in [0.1, 0.15) is 41.4 Å². The zero-order valence-electron chi connectivity index (χ0n) is 18.2. The third-order valence-electron chi connectivity index (χ3n) is 6.03. The summed E-state index contributed by atoms with van der Waals surface area (Å²) in [6.07, 6.45) is 4.51. The van der Waals surface area contributed by atoms with Crippen LogP contribution in [0.15, 0.2) is 61.1 Å². The van der Waals surface area contributed by atoms with Crippen molar-refractivity contribution < 1.29 is 13.9 Å². The van der Waals surface area contributed by atoms with Gasteiger partial charge in [-0.3, -0.25) is 4.90 Å². The van der Waals surface area contributed by atoms with Gasteiger partial charge in [-0.2, -0.15) is 0 Å². The van der Waals surface area contributed by atoms with Crippen molar-refractivity contribution in [3.8, 4) is 11.5 Å². The van der Waals surface area contributed by atoms with Gasteiger partial charge >= 0.3 is 0 Å². The average Bonchev–Trinajstić information content (AvgIpc) is 3.23. The number of aryl methyl sites for hydroxylation is 1. The van der Waals surface area contributed by atoms with Gasteiger partial charge in [0.25, 0.3) is 0 Å². The second kappa shape index (κ2) is 8.99. The average molecular weight is 445 g/mol. The summed E-state index contributed by atoms with van der Waals surface area (Å²) in [6, 6.07) is 13.0. The van der Waals surface area contributed by atoms with Crippen LogP contribution in [-0.4, -0.2) is 52.3 Å². The lowest BCUT2D eigenvalue weighted by Crippen LogP contribution is -2.48. The van der Waals surface area contributed by atoms with E-state index in [4.69, 9.17) is 4.74 Å². The van der Waals surface area contributed by atoms with Crippen molar-refractivity contribution in [1.29, 1.82) is 0 Å². The van der Waals surface area contributed by atoms with Crippen molar-refractivity contribution in [2.45, 2.75) is 13.0 Å². The Morgan fingerprint density at radius 1 is 1.06 bits per heavy atom. The number of halogens is 1. The Morgan fingerprint density at radius 3 is 2.61 bits per heavy atom. The molecule has 7 nitrogen and oxygen atoms in total.